The van der Waals surface area contributed by atoms with Crippen molar-refractivity contribution in [2.45, 2.75) is 17.9 Å². The molecule has 0 aliphatic carbocycles. The topological polar surface area (TPSA) is 66.4 Å². The number of halogens is 1. The van der Waals surface area contributed by atoms with Crippen LogP contribution in [0.1, 0.15) is 6.92 Å². The Morgan fingerprint density at radius 1 is 1.47 bits per heavy atom. The summed E-state index contributed by atoms with van der Waals surface area (Å²) >= 11 is 0. The predicted octanol–water partition coefficient (Wildman–Crippen LogP) is 0.485. The predicted molar refractivity (Wildman–Crippen MR) is 53.3 cm³/mol. The Kier molecular flexibility index (Phi) is 3.78. The van der Waals surface area contributed by atoms with Crippen LogP contribution >= 0.6 is 0 Å². The lowest BCUT2D eigenvalue weighted by atomic mass is 10.4. The molecular formula is C9H12FNO3S. The molecule has 2 N–H and O–H groups in total. The Bertz CT molecular complexity index is 431. The van der Waals surface area contributed by atoms with Gasteiger partial charge in [-0.15, -0.1) is 0 Å². The molecule has 0 radical (unpaired) electrons. The van der Waals surface area contributed by atoms with Gasteiger partial charge in [-0.25, -0.2) is 17.5 Å². The molecule has 15 heavy (non-hydrogen) atoms. The number of benzene rings is 1. The lowest BCUT2D eigenvalue weighted by molar-refractivity contribution is 0.198. The third-order valence-corrected chi connectivity index (χ3v) is 3.15. The number of aliphatic hydroxyl groups excluding tert-OH is 1. The molecule has 0 aromatic heterocycles. The average molecular weight is 233 g/mol. The Morgan fingerprint density at radius 2 is 2.07 bits per heavy atom. The van der Waals surface area contributed by atoms with Gasteiger partial charge in [0.1, 0.15) is 10.7 Å². The largest absolute Gasteiger partial charge is 0.392 e. The van der Waals surface area contributed by atoms with Crippen molar-refractivity contribution in [2.75, 3.05) is 6.54 Å². The van der Waals surface area contributed by atoms with Gasteiger partial charge in [-0.3, -0.25) is 0 Å². The number of hydrogen-bond donors (Lipinski definition) is 2. The summed E-state index contributed by atoms with van der Waals surface area (Å²) in [6.07, 6.45) is -0.813. The molecule has 0 bridgehead atoms. The van der Waals surface area contributed by atoms with Crippen molar-refractivity contribution < 1.29 is 17.9 Å². The Balaban J connectivity index is 2.92. The van der Waals surface area contributed by atoms with E-state index in [1.807, 2.05) is 0 Å². The summed E-state index contributed by atoms with van der Waals surface area (Å²) < 4.78 is 38.2. The second-order valence-corrected chi connectivity index (χ2v) is 4.87. The van der Waals surface area contributed by atoms with E-state index < -0.39 is 26.8 Å². The lowest BCUT2D eigenvalue weighted by Gasteiger charge is -2.08. The fraction of sp³-hybridized carbons (Fsp3) is 0.333. The van der Waals surface area contributed by atoms with Crippen LogP contribution < -0.4 is 4.72 Å². The number of sulfonamides is 1. The summed E-state index contributed by atoms with van der Waals surface area (Å²) in [6, 6.07) is 5.07. The molecule has 0 heterocycles. The molecular weight excluding hydrogens is 221 g/mol. The molecule has 0 aliphatic heterocycles. The molecule has 1 aromatic rings. The zero-order valence-electron chi connectivity index (χ0n) is 8.14. The molecule has 0 fully saturated rings. The normalized spacial score (nSPS) is 13.8. The van der Waals surface area contributed by atoms with Crippen molar-refractivity contribution in [2.24, 2.45) is 0 Å². The first-order chi connectivity index (χ1) is 6.93. The van der Waals surface area contributed by atoms with Gasteiger partial charge in [0.05, 0.1) is 6.10 Å². The molecule has 0 saturated heterocycles. The molecule has 0 spiro atoms. The van der Waals surface area contributed by atoms with Crippen LogP contribution in [-0.2, 0) is 10.0 Å². The fourth-order valence-electron chi connectivity index (χ4n) is 0.971. The number of nitrogens with one attached hydrogen (secondary N) is 1. The van der Waals surface area contributed by atoms with Gasteiger partial charge in [0.25, 0.3) is 0 Å². The molecule has 1 rings (SSSR count). The summed E-state index contributed by atoms with van der Waals surface area (Å²) in [5.41, 5.74) is 0. The van der Waals surface area contributed by atoms with Crippen molar-refractivity contribution >= 4 is 10.0 Å². The van der Waals surface area contributed by atoms with Gasteiger partial charge in [0, 0.05) is 6.54 Å². The first kappa shape index (κ1) is 12.1. The highest BCUT2D eigenvalue weighted by Crippen LogP contribution is 2.12. The minimum Gasteiger partial charge on any atom is -0.392 e. The van der Waals surface area contributed by atoms with Gasteiger partial charge in [-0.2, -0.15) is 0 Å². The molecule has 0 amide bonds. The Labute approximate surface area is 87.8 Å². The van der Waals surface area contributed by atoms with Gasteiger partial charge in [0.2, 0.25) is 10.0 Å². The highest BCUT2D eigenvalue weighted by atomic mass is 32.2. The van der Waals surface area contributed by atoms with Crippen LogP contribution in [0.2, 0.25) is 0 Å². The Hall–Kier alpha value is -0.980. The number of aliphatic hydroxyl groups is 1. The van der Waals surface area contributed by atoms with E-state index in [9.17, 15) is 12.8 Å². The standard InChI is InChI=1S/C9H12FNO3S/c1-7(12)6-11-15(13,14)9-5-3-2-4-8(9)10/h2-5,7,11-12H,6H2,1H3/t7-/m1/s1. The van der Waals surface area contributed by atoms with Crippen LogP contribution in [0.25, 0.3) is 0 Å². The zero-order valence-corrected chi connectivity index (χ0v) is 8.96. The number of rotatable bonds is 4. The highest BCUT2D eigenvalue weighted by molar-refractivity contribution is 7.89. The molecule has 4 nitrogen and oxygen atoms in total. The molecule has 1 aromatic carbocycles. The zero-order chi connectivity index (χ0) is 11.5. The van der Waals surface area contributed by atoms with Crippen LogP contribution in [-0.4, -0.2) is 26.2 Å². The van der Waals surface area contributed by atoms with Crippen LogP contribution in [0.15, 0.2) is 29.2 Å². The molecule has 1 atom stereocenters. The van der Waals surface area contributed by atoms with Crippen molar-refractivity contribution in [1.29, 1.82) is 0 Å². The van der Waals surface area contributed by atoms with Crippen LogP contribution in [0.4, 0.5) is 4.39 Å². The molecule has 0 aliphatic rings. The minimum absolute atomic E-state index is 0.142. The minimum atomic E-state index is -3.87. The average Bonchev–Trinajstić information content (AvgIpc) is 2.15. The summed E-state index contributed by atoms with van der Waals surface area (Å²) in [7, 11) is -3.87. The second-order valence-electron chi connectivity index (χ2n) is 3.13. The van der Waals surface area contributed by atoms with E-state index in [1.165, 1.54) is 25.1 Å². The molecule has 84 valence electrons. The maximum Gasteiger partial charge on any atom is 0.243 e. The first-order valence-electron chi connectivity index (χ1n) is 4.36. The second kappa shape index (κ2) is 4.69. The SMILES string of the molecule is C[C@@H](O)CNS(=O)(=O)c1ccccc1F. The highest BCUT2D eigenvalue weighted by Gasteiger charge is 2.18. The summed E-state index contributed by atoms with van der Waals surface area (Å²) in [4.78, 5) is -0.411. The van der Waals surface area contributed by atoms with Crippen molar-refractivity contribution in [1.82, 2.24) is 4.72 Å². The van der Waals surface area contributed by atoms with Gasteiger partial charge in [-0.1, -0.05) is 12.1 Å². The van der Waals surface area contributed by atoms with E-state index in [1.54, 1.807) is 0 Å². The molecule has 0 unspecified atom stereocenters. The van der Waals surface area contributed by atoms with E-state index in [2.05, 4.69) is 4.72 Å². The van der Waals surface area contributed by atoms with E-state index in [0.717, 1.165) is 6.07 Å². The van der Waals surface area contributed by atoms with E-state index in [-0.39, 0.29) is 6.54 Å². The number of hydrogen-bond acceptors (Lipinski definition) is 3. The first-order valence-corrected chi connectivity index (χ1v) is 5.84. The van der Waals surface area contributed by atoms with Crippen LogP contribution in [0.3, 0.4) is 0 Å². The van der Waals surface area contributed by atoms with Crippen molar-refractivity contribution in [3.8, 4) is 0 Å². The van der Waals surface area contributed by atoms with E-state index in [0.29, 0.717) is 0 Å². The maximum absolute atomic E-state index is 13.1. The van der Waals surface area contributed by atoms with Crippen molar-refractivity contribution in [3.05, 3.63) is 30.1 Å². The quantitative estimate of drug-likeness (QED) is 0.795. The monoisotopic (exact) mass is 233 g/mol. The third kappa shape index (κ3) is 3.26. The van der Waals surface area contributed by atoms with Gasteiger partial charge in [-0.05, 0) is 19.1 Å². The van der Waals surface area contributed by atoms with Gasteiger partial charge in [0.15, 0.2) is 0 Å². The van der Waals surface area contributed by atoms with E-state index in [4.69, 9.17) is 5.11 Å². The molecule has 6 heteroatoms. The third-order valence-electron chi connectivity index (χ3n) is 1.69. The van der Waals surface area contributed by atoms with E-state index >= 15 is 0 Å². The summed E-state index contributed by atoms with van der Waals surface area (Å²) in [6.45, 7) is 1.29. The van der Waals surface area contributed by atoms with Crippen LogP contribution in [0.5, 0.6) is 0 Å². The fourth-order valence-corrected chi connectivity index (χ4v) is 2.17. The maximum atomic E-state index is 13.1. The van der Waals surface area contributed by atoms with Gasteiger partial charge >= 0.3 is 0 Å². The van der Waals surface area contributed by atoms with Crippen molar-refractivity contribution in [3.63, 3.8) is 0 Å². The van der Waals surface area contributed by atoms with Crippen LogP contribution in [0, 0.1) is 5.82 Å². The smallest absolute Gasteiger partial charge is 0.243 e. The summed E-state index contributed by atoms with van der Waals surface area (Å²) in [5.74, 6) is -0.810. The Morgan fingerprint density at radius 3 is 2.60 bits per heavy atom. The van der Waals surface area contributed by atoms with Gasteiger partial charge < -0.3 is 5.11 Å². The lowest BCUT2D eigenvalue weighted by Crippen LogP contribution is -2.31. The molecule has 0 saturated carbocycles. The summed E-state index contributed by atoms with van der Waals surface area (Å²) in [5, 5.41) is 8.91.